The zero-order valence-electron chi connectivity index (χ0n) is 12.8. The molecule has 0 amide bonds. The standard InChI is InChI=1S/C17H19NO5/c1-2-7-13-8-3-4-9-14(13)15(21-12-19)10-5-6-11-16-18-23-17(20)22-16/h2-4,8-9,12,15H,1,5-7,10-11H2. The molecule has 0 saturated heterocycles. The van der Waals surface area contributed by atoms with Crippen LogP contribution in [0.3, 0.4) is 0 Å². The molecule has 1 aromatic heterocycles. The third kappa shape index (κ3) is 4.95. The van der Waals surface area contributed by atoms with Crippen LogP contribution in [0.2, 0.25) is 0 Å². The molecule has 0 radical (unpaired) electrons. The van der Waals surface area contributed by atoms with Crippen LogP contribution in [0.4, 0.5) is 0 Å². The van der Waals surface area contributed by atoms with E-state index in [-0.39, 0.29) is 12.0 Å². The van der Waals surface area contributed by atoms with Gasteiger partial charge in [0.1, 0.15) is 6.10 Å². The van der Waals surface area contributed by atoms with Gasteiger partial charge in [-0.15, -0.1) is 6.58 Å². The van der Waals surface area contributed by atoms with Crippen LogP contribution < -0.4 is 5.82 Å². The molecule has 122 valence electrons. The predicted octanol–water partition coefficient (Wildman–Crippen LogP) is 2.98. The Hall–Kier alpha value is -2.63. The highest BCUT2D eigenvalue weighted by Gasteiger charge is 2.15. The van der Waals surface area contributed by atoms with Gasteiger partial charge >= 0.3 is 5.82 Å². The molecule has 23 heavy (non-hydrogen) atoms. The first kappa shape index (κ1) is 16.7. The number of unbranched alkanes of at least 4 members (excludes halogenated alkanes) is 1. The summed E-state index contributed by atoms with van der Waals surface area (Å²) >= 11 is 0. The summed E-state index contributed by atoms with van der Waals surface area (Å²) in [5, 5.41) is 3.51. The van der Waals surface area contributed by atoms with Gasteiger partial charge in [0, 0.05) is 6.42 Å². The molecule has 6 heteroatoms. The fourth-order valence-electron chi connectivity index (χ4n) is 2.48. The number of carbonyl (C=O) groups excluding carboxylic acids is 1. The van der Waals surface area contributed by atoms with Gasteiger partial charge in [-0.2, -0.15) is 0 Å². The minimum absolute atomic E-state index is 0.287. The minimum Gasteiger partial charge on any atom is -0.460 e. The minimum atomic E-state index is -0.791. The maximum absolute atomic E-state index is 10.8. The zero-order valence-corrected chi connectivity index (χ0v) is 12.8. The van der Waals surface area contributed by atoms with E-state index < -0.39 is 5.82 Å². The number of rotatable bonds is 10. The highest BCUT2D eigenvalue weighted by Crippen LogP contribution is 2.27. The van der Waals surface area contributed by atoms with Crippen molar-refractivity contribution in [3.8, 4) is 0 Å². The molecule has 0 aliphatic carbocycles. The van der Waals surface area contributed by atoms with Crippen molar-refractivity contribution in [1.29, 1.82) is 0 Å². The topological polar surface area (TPSA) is 82.5 Å². The fourth-order valence-corrected chi connectivity index (χ4v) is 2.48. The van der Waals surface area contributed by atoms with Gasteiger partial charge in [-0.05, 0) is 42.0 Å². The molecule has 0 spiro atoms. The lowest BCUT2D eigenvalue weighted by Crippen LogP contribution is -2.07. The quantitative estimate of drug-likeness (QED) is 0.380. The summed E-state index contributed by atoms with van der Waals surface area (Å²) in [5.41, 5.74) is 2.09. The van der Waals surface area contributed by atoms with Crippen molar-refractivity contribution in [2.24, 2.45) is 0 Å². The molecule has 0 N–H and O–H groups in total. The Balaban J connectivity index is 1.94. The molecule has 2 rings (SSSR count). The lowest BCUT2D eigenvalue weighted by atomic mass is 9.96. The molecule has 0 aliphatic rings. The van der Waals surface area contributed by atoms with E-state index in [4.69, 9.17) is 9.15 Å². The van der Waals surface area contributed by atoms with Gasteiger partial charge in [-0.1, -0.05) is 30.3 Å². The second-order valence-corrected chi connectivity index (χ2v) is 5.09. The zero-order chi connectivity index (χ0) is 16.5. The number of ether oxygens (including phenoxy) is 1. The number of nitrogens with zero attached hydrogens (tertiary/aromatic N) is 1. The van der Waals surface area contributed by atoms with Crippen molar-refractivity contribution < 1.29 is 18.5 Å². The van der Waals surface area contributed by atoms with Crippen molar-refractivity contribution in [1.82, 2.24) is 5.16 Å². The van der Waals surface area contributed by atoms with Crippen LogP contribution in [0.15, 0.2) is 50.7 Å². The molecular formula is C17H19NO5. The molecule has 1 atom stereocenters. The average molecular weight is 317 g/mol. The Morgan fingerprint density at radius 1 is 1.30 bits per heavy atom. The van der Waals surface area contributed by atoms with Crippen LogP contribution in [-0.4, -0.2) is 11.6 Å². The third-order valence-corrected chi connectivity index (χ3v) is 3.52. The molecule has 0 aliphatic heterocycles. The SMILES string of the molecule is C=CCc1ccccc1C(CCCCc1noc(=O)o1)OC=O. The van der Waals surface area contributed by atoms with Crippen molar-refractivity contribution >= 4 is 6.47 Å². The van der Waals surface area contributed by atoms with Crippen LogP contribution in [0.25, 0.3) is 0 Å². The number of aromatic nitrogens is 1. The van der Waals surface area contributed by atoms with E-state index in [9.17, 15) is 9.59 Å². The van der Waals surface area contributed by atoms with Gasteiger partial charge in [-0.25, -0.2) is 4.79 Å². The normalized spacial score (nSPS) is 11.8. The number of carbonyl (C=O) groups is 1. The Bertz CT molecular complexity index is 688. The van der Waals surface area contributed by atoms with E-state index in [1.165, 1.54) is 0 Å². The Morgan fingerprint density at radius 2 is 2.13 bits per heavy atom. The third-order valence-electron chi connectivity index (χ3n) is 3.52. The Labute approximate surface area is 133 Å². The molecule has 1 unspecified atom stereocenters. The van der Waals surface area contributed by atoms with Crippen molar-refractivity contribution in [3.05, 3.63) is 64.6 Å². The van der Waals surface area contributed by atoms with Gasteiger partial charge in [-0.3, -0.25) is 9.32 Å². The Kier molecular flexibility index (Phi) is 6.35. The second kappa shape index (κ2) is 8.73. The Morgan fingerprint density at radius 3 is 2.83 bits per heavy atom. The summed E-state index contributed by atoms with van der Waals surface area (Å²) in [5.74, 6) is -0.504. The van der Waals surface area contributed by atoms with Crippen LogP contribution in [-0.2, 0) is 22.4 Å². The van der Waals surface area contributed by atoms with E-state index in [1.54, 1.807) is 0 Å². The molecule has 0 fully saturated rings. The van der Waals surface area contributed by atoms with Crippen molar-refractivity contribution in [3.63, 3.8) is 0 Å². The van der Waals surface area contributed by atoms with Crippen LogP contribution in [0.5, 0.6) is 0 Å². The van der Waals surface area contributed by atoms with Crippen molar-refractivity contribution in [2.75, 3.05) is 0 Å². The van der Waals surface area contributed by atoms with Crippen molar-refractivity contribution in [2.45, 2.75) is 38.2 Å². The van der Waals surface area contributed by atoms with Gasteiger partial charge in [0.15, 0.2) is 0 Å². The van der Waals surface area contributed by atoms with E-state index in [1.807, 2.05) is 30.3 Å². The largest absolute Gasteiger partial charge is 0.542 e. The fraction of sp³-hybridized carbons (Fsp3) is 0.353. The van der Waals surface area contributed by atoms with Crippen LogP contribution >= 0.6 is 0 Å². The first-order valence-electron chi connectivity index (χ1n) is 7.48. The van der Waals surface area contributed by atoms with Crippen LogP contribution in [0.1, 0.15) is 42.4 Å². The van der Waals surface area contributed by atoms with Gasteiger partial charge in [0.05, 0.1) is 0 Å². The van der Waals surface area contributed by atoms with Crippen LogP contribution in [0, 0.1) is 0 Å². The summed E-state index contributed by atoms with van der Waals surface area (Å²) in [7, 11) is 0. The molecule has 0 saturated carbocycles. The average Bonchev–Trinajstić information content (AvgIpc) is 2.97. The lowest BCUT2D eigenvalue weighted by molar-refractivity contribution is -0.134. The number of hydrogen-bond donors (Lipinski definition) is 0. The number of hydrogen-bond acceptors (Lipinski definition) is 6. The summed E-state index contributed by atoms with van der Waals surface area (Å²) in [6.45, 7) is 4.23. The first-order valence-corrected chi connectivity index (χ1v) is 7.48. The number of aryl methyl sites for hydroxylation is 1. The monoisotopic (exact) mass is 317 g/mol. The van der Waals surface area contributed by atoms with Gasteiger partial charge in [0.2, 0.25) is 5.89 Å². The molecule has 1 aromatic carbocycles. The summed E-state index contributed by atoms with van der Waals surface area (Å²) in [4.78, 5) is 21.5. The highest BCUT2D eigenvalue weighted by atomic mass is 16.6. The number of benzene rings is 1. The smallest absolute Gasteiger partial charge is 0.460 e. The molecule has 6 nitrogen and oxygen atoms in total. The highest BCUT2D eigenvalue weighted by molar-refractivity contribution is 5.40. The van der Waals surface area contributed by atoms with Gasteiger partial charge in [0.25, 0.3) is 6.47 Å². The lowest BCUT2D eigenvalue weighted by Gasteiger charge is -2.18. The predicted molar refractivity (Wildman–Crippen MR) is 82.8 cm³/mol. The molecule has 2 aromatic rings. The maximum Gasteiger partial charge on any atom is 0.542 e. The van der Waals surface area contributed by atoms with E-state index in [0.717, 1.165) is 30.4 Å². The van der Waals surface area contributed by atoms with Gasteiger partial charge < -0.3 is 9.15 Å². The molecular weight excluding hydrogens is 298 g/mol. The summed E-state index contributed by atoms with van der Waals surface area (Å²) in [6, 6.07) is 7.84. The molecule has 1 heterocycles. The second-order valence-electron chi connectivity index (χ2n) is 5.09. The summed E-state index contributed by atoms with van der Waals surface area (Å²) < 4.78 is 14.3. The van der Waals surface area contributed by atoms with E-state index in [0.29, 0.717) is 19.3 Å². The van der Waals surface area contributed by atoms with E-state index in [2.05, 4.69) is 16.3 Å². The molecule has 0 bridgehead atoms. The first-order chi connectivity index (χ1) is 11.2. The number of allylic oxidation sites excluding steroid dienone is 1. The summed E-state index contributed by atoms with van der Waals surface area (Å²) in [6.07, 6.45) is 4.97. The maximum atomic E-state index is 10.8. The van der Waals surface area contributed by atoms with E-state index >= 15 is 0 Å².